The highest BCUT2D eigenvalue weighted by atomic mass is 35.5. The van der Waals surface area contributed by atoms with Gasteiger partial charge in [-0.25, -0.2) is 9.50 Å². The molecule has 3 aromatic heterocycles. The molecule has 118 valence electrons. The molecular weight excluding hydrogens is 346 g/mol. The van der Waals surface area contributed by atoms with Crippen molar-refractivity contribution in [1.82, 2.24) is 19.2 Å². The van der Waals surface area contributed by atoms with Gasteiger partial charge in [0.25, 0.3) is 5.56 Å². The van der Waals surface area contributed by atoms with E-state index in [9.17, 15) is 4.79 Å². The summed E-state index contributed by atoms with van der Waals surface area (Å²) < 4.78 is 2.83. The molecule has 0 unspecified atom stereocenters. The van der Waals surface area contributed by atoms with Crippen LogP contribution in [0.15, 0.2) is 53.7 Å². The quantitative estimate of drug-likeness (QED) is 0.531. The highest BCUT2D eigenvalue weighted by Gasteiger charge is 2.13. The van der Waals surface area contributed by atoms with E-state index in [1.807, 2.05) is 24.3 Å². The summed E-state index contributed by atoms with van der Waals surface area (Å²) >= 11 is 10.8. The van der Waals surface area contributed by atoms with Gasteiger partial charge in [0.05, 0.1) is 17.1 Å². The third kappa shape index (κ3) is 2.17. The Morgan fingerprint density at radius 2 is 1.92 bits per heavy atom. The van der Waals surface area contributed by atoms with Gasteiger partial charge in [-0.2, -0.15) is 5.10 Å². The Bertz CT molecular complexity index is 1160. The van der Waals surface area contributed by atoms with Crippen LogP contribution in [0.1, 0.15) is 0 Å². The smallest absolute Gasteiger partial charge is 0.267 e. The van der Waals surface area contributed by atoms with Crippen LogP contribution in [0.3, 0.4) is 0 Å². The summed E-state index contributed by atoms with van der Waals surface area (Å²) in [7, 11) is 0. The van der Waals surface area contributed by atoms with Gasteiger partial charge in [0.2, 0.25) is 0 Å². The van der Waals surface area contributed by atoms with E-state index < -0.39 is 0 Å². The monoisotopic (exact) mass is 355 g/mol. The van der Waals surface area contributed by atoms with Crippen molar-refractivity contribution >= 4 is 45.5 Å². The first-order chi connectivity index (χ1) is 11.6. The summed E-state index contributed by atoms with van der Waals surface area (Å²) in [5.41, 5.74) is 8.31. The molecule has 0 radical (unpaired) electrons. The number of hydrogen-bond acceptors (Lipinski definition) is 4. The van der Waals surface area contributed by atoms with Gasteiger partial charge in [-0.15, -0.1) is 0 Å². The van der Waals surface area contributed by atoms with Gasteiger partial charge < -0.3 is 5.73 Å². The summed E-state index contributed by atoms with van der Waals surface area (Å²) in [6.45, 7) is 0. The van der Waals surface area contributed by atoms with Crippen LogP contribution in [0.25, 0.3) is 27.7 Å². The maximum atomic E-state index is 12.4. The zero-order chi connectivity index (χ0) is 16.8. The normalized spacial score (nSPS) is 11.2. The fourth-order valence-corrected chi connectivity index (χ4v) is 2.89. The number of nitrogens with two attached hydrogens (primary N) is 1. The summed E-state index contributed by atoms with van der Waals surface area (Å²) in [5.74, 6) is 0. The molecule has 4 aromatic rings. The van der Waals surface area contributed by atoms with Crippen molar-refractivity contribution in [3.8, 4) is 11.1 Å². The van der Waals surface area contributed by atoms with E-state index in [1.165, 1.54) is 17.0 Å². The average Bonchev–Trinajstić information content (AvgIpc) is 3.00. The molecule has 0 aliphatic carbocycles. The minimum Gasteiger partial charge on any atom is -0.376 e. The Morgan fingerprint density at radius 1 is 1.17 bits per heavy atom. The SMILES string of the molecule is NC(=S)n1ccc2c(cnc3c(-c4ccc(Cl)cc4)cnn32)c1=O. The summed E-state index contributed by atoms with van der Waals surface area (Å²) in [4.78, 5) is 16.8. The minimum atomic E-state index is -0.321. The number of benzene rings is 1. The maximum Gasteiger partial charge on any atom is 0.267 e. The molecule has 6 nitrogen and oxygen atoms in total. The molecule has 0 saturated carbocycles. The summed E-state index contributed by atoms with van der Waals surface area (Å²) in [6, 6.07) is 9.15. The van der Waals surface area contributed by atoms with Crippen LogP contribution in [0.5, 0.6) is 0 Å². The highest BCUT2D eigenvalue weighted by Crippen LogP contribution is 2.26. The maximum absolute atomic E-state index is 12.4. The molecule has 0 spiro atoms. The third-order valence-corrected chi connectivity index (χ3v) is 4.24. The van der Waals surface area contributed by atoms with Crippen LogP contribution in [-0.2, 0) is 0 Å². The van der Waals surface area contributed by atoms with E-state index in [2.05, 4.69) is 10.1 Å². The molecule has 1 aromatic carbocycles. The van der Waals surface area contributed by atoms with Crippen molar-refractivity contribution in [3.63, 3.8) is 0 Å². The molecule has 8 heteroatoms. The molecule has 4 rings (SSSR count). The molecular formula is C16H10ClN5OS. The second-order valence-corrected chi connectivity index (χ2v) is 6.04. The second kappa shape index (κ2) is 5.40. The molecule has 0 amide bonds. The van der Waals surface area contributed by atoms with Gasteiger partial charge in [0, 0.05) is 23.0 Å². The number of thiocarbonyl (C=S) groups is 1. The van der Waals surface area contributed by atoms with Gasteiger partial charge in [0.1, 0.15) is 0 Å². The van der Waals surface area contributed by atoms with E-state index in [4.69, 9.17) is 29.6 Å². The molecule has 24 heavy (non-hydrogen) atoms. The van der Waals surface area contributed by atoms with E-state index in [-0.39, 0.29) is 10.7 Å². The number of hydrogen-bond donors (Lipinski definition) is 1. The lowest BCUT2D eigenvalue weighted by Gasteiger charge is -2.06. The molecule has 3 heterocycles. The lowest BCUT2D eigenvalue weighted by molar-refractivity contribution is 0.971. The van der Waals surface area contributed by atoms with Gasteiger partial charge >= 0.3 is 0 Å². The highest BCUT2D eigenvalue weighted by molar-refractivity contribution is 7.80. The topological polar surface area (TPSA) is 78.2 Å². The summed E-state index contributed by atoms with van der Waals surface area (Å²) in [6.07, 6.45) is 4.77. The van der Waals surface area contributed by atoms with Crippen LogP contribution in [0.4, 0.5) is 0 Å². The van der Waals surface area contributed by atoms with Crippen molar-refractivity contribution in [3.05, 3.63) is 64.3 Å². The summed E-state index contributed by atoms with van der Waals surface area (Å²) in [5, 5.41) is 5.41. The van der Waals surface area contributed by atoms with E-state index in [0.717, 1.165) is 11.1 Å². The van der Waals surface area contributed by atoms with Gasteiger partial charge in [-0.1, -0.05) is 23.7 Å². The number of pyridine rings is 1. The van der Waals surface area contributed by atoms with E-state index in [1.54, 1.807) is 16.8 Å². The van der Waals surface area contributed by atoms with Crippen LogP contribution < -0.4 is 11.3 Å². The van der Waals surface area contributed by atoms with Crippen molar-refractivity contribution in [1.29, 1.82) is 0 Å². The van der Waals surface area contributed by atoms with Crippen molar-refractivity contribution in [2.45, 2.75) is 0 Å². The molecule has 2 N–H and O–H groups in total. The zero-order valence-corrected chi connectivity index (χ0v) is 13.8. The average molecular weight is 356 g/mol. The van der Waals surface area contributed by atoms with Gasteiger partial charge in [0.15, 0.2) is 10.8 Å². The standard InChI is InChI=1S/C16H10ClN5OS/c17-10-3-1-9(2-4-10)11-8-20-22-13-5-6-21(16(18)24)15(23)12(13)7-19-14(11)22/h1-8H,(H2,18,24). The predicted octanol–water partition coefficient (Wildman–Crippen LogP) is 2.46. The molecule has 0 fully saturated rings. The zero-order valence-electron chi connectivity index (χ0n) is 12.2. The van der Waals surface area contributed by atoms with Crippen molar-refractivity contribution in [2.24, 2.45) is 5.73 Å². The number of halogens is 1. The first-order valence-corrected chi connectivity index (χ1v) is 7.79. The van der Waals surface area contributed by atoms with Crippen LogP contribution in [0, 0.1) is 0 Å². The van der Waals surface area contributed by atoms with Crippen LogP contribution in [-0.4, -0.2) is 24.3 Å². The molecule has 0 aliphatic rings. The Labute approximate surface area is 146 Å². The lowest BCUT2D eigenvalue weighted by Crippen LogP contribution is -2.31. The fourth-order valence-electron chi connectivity index (χ4n) is 2.62. The first-order valence-electron chi connectivity index (χ1n) is 7.00. The second-order valence-electron chi connectivity index (χ2n) is 5.19. The Morgan fingerprint density at radius 3 is 2.62 bits per heavy atom. The van der Waals surface area contributed by atoms with Gasteiger partial charge in [-0.05, 0) is 36.0 Å². The molecule has 0 bridgehead atoms. The minimum absolute atomic E-state index is 0.00989. The lowest BCUT2D eigenvalue weighted by atomic mass is 10.1. The fraction of sp³-hybridized carbons (Fsp3) is 0. The number of rotatable bonds is 1. The van der Waals surface area contributed by atoms with E-state index >= 15 is 0 Å². The Kier molecular flexibility index (Phi) is 3.33. The number of nitrogens with zero attached hydrogens (tertiary/aromatic N) is 4. The molecule has 0 atom stereocenters. The van der Waals surface area contributed by atoms with Crippen LogP contribution in [0.2, 0.25) is 5.02 Å². The molecule has 0 aliphatic heterocycles. The van der Waals surface area contributed by atoms with Crippen molar-refractivity contribution in [2.75, 3.05) is 0 Å². The number of aromatic nitrogens is 4. The van der Waals surface area contributed by atoms with Crippen molar-refractivity contribution < 1.29 is 0 Å². The van der Waals surface area contributed by atoms with E-state index in [0.29, 0.717) is 21.6 Å². The van der Waals surface area contributed by atoms with Crippen LogP contribution >= 0.6 is 23.8 Å². The number of fused-ring (bicyclic) bond motifs is 3. The first kappa shape index (κ1) is 14.8. The van der Waals surface area contributed by atoms with Gasteiger partial charge in [-0.3, -0.25) is 9.36 Å². The predicted molar refractivity (Wildman–Crippen MR) is 97.4 cm³/mol. The largest absolute Gasteiger partial charge is 0.376 e. The Hall–Kier alpha value is -2.77. The molecule has 0 saturated heterocycles. The Balaban J connectivity index is 2.01. The third-order valence-electron chi connectivity index (χ3n) is 3.79.